The summed E-state index contributed by atoms with van der Waals surface area (Å²) in [6, 6.07) is 8.51. The molecule has 1 N–H and O–H groups in total. The van der Waals surface area contributed by atoms with Crippen molar-refractivity contribution < 1.29 is 4.39 Å². The highest BCUT2D eigenvalue weighted by atomic mass is 19.1. The molecule has 5 heteroatoms. The third-order valence-corrected chi connectivity index (χ3v) is 4.11. The molecule has 0 amide bonds. The van der Waals surface area contributed by atoms with E-state index < -0.39 is 0 Å². The second kappa shape index (κ2) is 6.99. The van der Waals surface area contributed by atoms with Crippen LogP contribution in [0.5, 0.6) is 0 Å². The maximum atomic E-state index is 13.2. The molecule has 0 bridgehead atoms. The van der Waals surface area contributed by atoms with E-state index in [0.29, 0.717) is 0 Å². The first-order valence-corrected chi connectivity index (χ1v) is 8.47. The standard InChI is InChI=1S/C19H23FN4/c1-4-5-6-11-21-17-12-13(2)22-19-18(14(3)23-24(17)19)15-7-9-16(20)10-8-15/h7-10,12,21H,4-6,11H2,1-3H3. The molecule has 0 spiro atoms. The van der Waals surface area contributed by atoms with E-state index in [1.165, 1.54) is 25.0 Å². The summed E-state index contributed by atoms with van der Waals surface area (Å²) in [5.74, 6) is 0.709. The smallest absolute Gasteiger partial charge is 0.165 e. The Morgan fingerprint density at radius 1 is 1.12 bits per heavy atom. The Hall–Kier alpha value is -2.43. The largest absolute Gasteiger partial charge is 0.370 e. The first-order valence-electron chi connectivity index (χ1n) is 8.47. The lowest BCUT2D eigenvalue weighted by Crippen LogP contribution is -2.08. The van der Waals surface area contributed by atoms with Crippen LogP contribution in [-0.2, 0) is 0 Å². The number of halogens is 1. The summed E-state index contributed by atoms with van der Waals surface area (Å²) in [5.41, 5.74) is 4.51. The Morgan fingerprint density at radius 2 is 1.88 bits per heavy atom. The van der Waals surface area contributed by atoms with Crippen molar-refractivity contribution in [2.75, 3.05) is 11.9 Å². The van der Waals surface area contributed by atoms with Gasteiger partial charge in [0.25, 0.3) is 0 Å². The van der Waals surface area contributed by atoms with E-state index in [9.17, 15) is 4.39 Å². The van der Waals surface area contributed by atoms with Crippen molar-refractivity contribution in [1.82, 2.24) is 14.6 Å². The normalized spacial score (nSPS) is 11.2. The molecular weight excluding hydrogens is 303 g/mol. The number of nitrogens with zero attached hydrogens (tertiary/aromatic N) is 3. The molecule has 0 aliphatic heterocycles. The zero-order chi connectivity index (χ0) is 17.1. The minimum Gasteiger partial charge on any atom is -0.370 e. The minimum atomic E-state index is -0.240. The molecule has 4 nitrogen and oxygen atoms in total. The van der Waals surface area contributed by atoms with Gasteiger partial charge in [-0.3, -0.25) is 0 Å². The van der Waals surface area contributed by atoms with Crippen LogP contribution in [0.25, 0.3) is 16.8 Å². The molecule has 2 heterocycles. The molecule has 3 rings (SSSR count). The molecule has 0 saturated carbocycles. The van der Waals surface area contributed by atoms with Crippen LogP contribution in [0, 0.1) is 19.7 Å². The number of rotatable bonds is 6. The quantitative estimate of drug-likeness (QED) is 0.664. The predicted molar refractivity (Wildman–Crippen MR) is 95.9 cm³/mol. The molecule has 0 unspecified atom stereocenters. The lowest BCUT2D eigenvalue weighted by Gasteiger charge is -2.09. The Kier molecular flexibility index (Phi) is 4.79. The number of aromatic nitrogens is 3. The third-order valence-electron chi connectivity index (χ3n) is 4.11. The van der Waals surface area contributed by atoms with E-state index in [1.54, 1.807) is 12.1 Å². The molecule has 126 valence electrons. The van der Waals surface area contributed by atoms with Crippen LogP contribution in [0.3, 0.4) is 0 Å². The SMILES string of the molecule is CCCCCNc1cc(C)nc2c(-c3ccc(F)cc3)c(C)nn12. The van der Waals surface area contributed by atoms with Gasteiger partial charge in [-0.15, -0.1) is 0 Å². The number of fused-ring (bicyclic) bond motifs is 1. The number of hydrogen-bond acceptors (Lipinski definition) is 3. The second-order valence-corrected chi connectivity index (χ2v) is 6.12. The van der Waals surface area contributed by atoms with Crippen LogP contribution in [-0.4, -0.2) is 21.1 Å². The molecule has 0 aliphatic rings. The van der Waals surface area contributed by atoms with Crippen LogP contribution >= 0.6 is 0 Å². The number of hydrogen-bond donors (Lipinski definition) is 1. The maximum Gasteiger partial charge on any atom is 0.165 e. The van der Waals surface area contributed by atoms with E-state index in [0.717, 1.165) is 46.9 Å². The highest BCUT2D eigenvalue weighted by molar-refractivity contribution is 5.80. The molecular formula is C19H23FN4. The third kappa shape index (κ3) is 3.25. The van der Waals surface area contributed by atoms with Crippen molar-refractivity contribution in [3.05, 3.63) is 47.5 Å². The fourth-order valence-corrected chi connectivity index (χ4v) is 2.92. The van der Waals surface area contributed by atoms with Gasteiger partial charge < -0.3 is 5.32 Å². The zero-order valence-corrected chi connectivity index (χ0v) is 14.4. The van der Waals surface area contributed by atoms with Gasteiger partial charge in [0.1, 0.15) is 11.6 Å². The first-order chi connectivity index (χ1) is 11.6. The molecule has 2 aromatic heterocycles. The minimum absolute atomic E-state index is 0.240. The summed E-state index contributed by atoms with van der Waals surface area (Å²) in [4.78, 5) is 4.67. The number of nitrogens with one attached hydrogen (secondary N) is 1. The van der Waals surface area contributed by atoms with Gasteiger partial charge in [0.05, 0.1) is 5.69 Å². The first kappa shape index (κ1) is 16.4. The number of aryl methyl sites for hydroxylation is 2. The molecule has 24 heavy (non-hydrogen) atoms. The molecule has 3 aromatic rings. The van der Waals surface area contributed by atoms with Gasteiger partial charge in [-0.2, -0.15) is 9.61 Å². The van der Waals surface area contributed by atoms with E-state index in [-0.39, 0.29) is 5.82 Å². The fourth-order valence-electron chi connectivity index (χ4n) is 2.92. The summed E-state index contributed by atoms with van der Waals surface area (Å²) in [6.45, 7) is 7.05. The summed E-state index contributed by atoms with van der Waals surface area (Å²) in [6.07, 6.45) is 3.53. The number of unbranched alkanes of at least 4 members (excludes halogenated alkanes) is 2. The van der Waals surface area contributed by atoms with Crippen molar-refractivity contribution in [1.29, 1.82) is 0 Å². The van der Waals surface area contributed by atoms with E-state index in [1.807, 2.05) is 24.4 Å². The van der Waals surface area contributed by atoms with E-state index in [2.05, 4.69) is 22.3 Å². The summed E-state index contributed by atoms with van der Waals surface area (Å²) in [7, 11) is 0. The average molecular weight is 326 g/mol. The fraction of sp³-hybridized carbons (Fsp3) is 0.368. The lowest BCUT2D eigenvalue weighted by atomic mass is 10.1. The van der Waals surface area contributed by atoms with Crippen LogP contribution in [0.15, 0.2) is 30.3 Å². The van der Waals surface area contributed by atoms with E-state index >= 15 is 0 Å². The summed E-state index contributed by atoms with van der Waals surface area (Å²) >= 11 is 0. The zero-order valence-electron chi connectivity index (χ0n) is 14.4. The summed E-state index contributed by atoms with van der Waals surface area (Å²) < 4.78 is 15.1. The van der Waals surface area contributed by atoms with Gasteiger partial charge in [0.15, 0.2) is 5.65 Å². The molecule has 0 fully saturated rings. The monoisotopic (exact) mass is 326 g/mol. The highest BCUT2D eigenvalue weighted by Crippen LogP contribution is 2.29. The van der Waals surface area contributed by atoms with Crippen molar-refractivity contribution in [3.63, 3.8) is 0 Å². The number of anilines is 1. The van der Waals surface area contributed by atoms with Crippen molar-refractivity contribution >= 4 is 11.5 Å². The van der Waals surface area contributed by atoms with Gasteiger partial charge in [-0.25, -0.2) is 9.37 Å². The van der Waals surface area contributed by atoms with E-state index in [4.69, 9.17) is 0 Å². The Bertz CT molecular complexity index is 837. The van der Waals surface area contributed by atoms with Crippen LogP contribution in [0.2, 0.25) is 0 Å². The van der Waals surface area contributed by atoms with Crippen molar-refractivity contribution in [2.45, 2.75) is 40.0 Å². The van der Waals surface area contributed by atoms with Gasteiger partial charge >= 0.3 is 0 Å². The second-order valence-electron chi connectivity index (χ2n) is 6.12. The molecule has 0 atom stereocenters. The number of benzene rings is 1. The van der Waals surface area contributed by atoms with Crippen LogP contribution in [0.4, 0.5) is 10.2 Å². The average Bonchev–Trinajstić information content (AvgIpc) is 2.88. The van der Waals surface area contributed by atoms with Crippen molar-refractivity contribution in [2.24, 2.45) is 0 Å². The van der Waals surface area contributed by atoms with Gasteiger partial charge in [-0.1, -0.05) is 31.9 Å². The Labute approximate surface area is 141 Å². The Morgan fingerprint density at radius 3 is 2.58 bits per heavy atom. The van der Waals surface area contributed by atoms with Crippen LogP contribution < -0.4 is 5.32 Å². The molecule has 0 radical (unpaired) electrons. The van der Waals surface area contributed by atoms with Gasteiger partial charge in [0.2, 0.25) is 0 Å². The highest BCUT2D eigenvalue weighted by Gasteiger charge is 2.15. The molecule has 0 saturated heterocycles. The topological polar surface area (TPSA) is 42.2 Å². The predicted octanol–water partition coefficient (Wildman–Crippen LogP) is 4.75. The molecule has 0 aliphatic carbocycles. The Balaban J connectivity index is 2.04. The van der Waals surface area contributed by atoms with Gasteiger partial charge in [0, 0.05) is 23.9 Å². The van der Waals surface area contributed by atoms with Gasteiger partial charge in [-0.05, 0) is 38.0 Å². The lowest BCUT2D eigenvalue weighted by molar-refractivity contribution is 0.628. The maximum absolute atomic E-state index is 13.2. The van der Waals surface area contributed by atoms with Crippen LogP contribution in [0.1, 0.15) is 37.6 Å². The van der Waals surface area contributed by atoms with Crippen molar-refractivity contribution in [3.8, 4) is 11.1 Å². The summed E-state index contributed by atoms with van der Waals surface area (Å²) in [5, 5.41) is 8.11. The molecule has 1 aromatic carbocycles.